The Labute approximate surface area is 171 Å². The number of halogens is 1. The summed E-state index contributed by atoms with van der Waals surface area (Å²) in [6, 6.07) is 9.69. The van der Waals surface area contributed by atoms with Gasteiger partial charge in [0.05, 0.1) is 18.7 Å². The van der Waals surface area contributed by atoms with Gasteiger partial charge in [-0.2, -0.15) is 0 Å². The number of fused-ring (bicyclic) bond motifs is 1. The molecular weight excluding hydrogens is 374 g/mol. The third-order valence-corrected chi connectivity index (χ3v) is 4.89. The summed E-state index contributed by atoms with van der Waals surface area (Å²) < 4.78 is 11.2. The van der Waals surface area contributed by atoms with Crippen molar-refractivity contribution in [2.75, 3.05) is 19.0 Å². The van der Waals surface area contributed by atoms with Crippen LogP contribution in [0.2, 0.25) is 5.02 Å². The number of nitrogens with one attached hydrogen (secondary N) is 1. The maximum absolute atomic E-state index is 12.3. The minimum absolute atomic E-state index is 0.187. The van der Waals surface area contributed by atoms with Crippen LogP contribution in [-0.4, -0.2) is 19.6 Å². The first-order valence-corrected chi connectivity index (χ1v) is 9.95. The van der Waals surface area contributed by atoms with Crippen molar-refractivity contribution in [2.45, 2.75) is 33.1 Å². The summed E-state index contributed by atoms with van der Waals surface area (Å²) in [5.74, 6) is 1.26. The fourth-order valence-electron chi connectivity index (χ4n) is 3.23. The Balaban J connectivity index is 1.69. The third-order valence-electron chi connectivity index (χ3n) is 4.61. The van der Waals surface area contributed by atoms with E-state index < -0.39 is 0 Å². The molecule has 0 atom stereocenters. The summed E-state index contributed by atoms with van der Waals surface area (Å²) in [6.45, 7) is 4.68. The number of carbonyl (C=O) groups excluding carboxylic acids is 1. The van der Waals surface area contributed by atoms with Gasteiger partial charge in [-0.25, -0.2) is 0 Å². The highest BCUT2D eigenvalue weighted by molar-refractivity contribution is 6.32. The summed E-state index contributed by atoms with van der Waals surface area (Å²) in [7, 11) is 1.57. The Morgan fingerprint density at radius 3 is 2.75 bits per heavy atom. The average Bonchev–Trinajstić information content (AvgIpc) is 3.12. The molecule has 0 saturated heterocycles. The zero-order chi connectivity index (χ0) is 20.1. The number of rotatable bonds is 7. The van der Waals surface area contributed by atoms with E-state index in [4.69, 9.17) is 21.1 Å². The molecule has 2 aromatic carbocycles. The van der Waals surface area contributed by atoms with Crippen LogP contribution in [0.5, 0.6) is 11.5 Å². The summed E-state index contributed by atoms with van der Waals surface area (Å²) >= 11 is 6.36. The van der Waals surface area contributed by atoms with Crippen LogP contribution in [0.1, 0.15) is 37.0 Å². The molecule has 5 heteroatoms. The Bertz CT molecular complexity index is 890. The Hall–Kier alpha value is -2.46. The van der Waals surface area contributed by atoms with Gasteiger partial charge < -0.3 is 14.8 Å². The summed E-state index contributed by atoms with van der Waals surface area (Å²) in [5.41, 5.74) is 4.30. The number of hydrogen-bond donors (Lipinski definition) is 1. The van der Waals surface area contributed by atoms with Crippen molar-refractivity contribution in [2.24, 2.45) is 5.92 Å². The lowest BCUT2D eigenvalue weighted by atomic mass is 10.1. The van der Waals surface area contributed by atoms with E-state index in [1.807, 2.05) is 6.07 Å². The van der Waals surface area contributed by atoms with Crippen LogP contribution in [0.3, 0.4) is 0 Å². The van der Waals surface area contributed by atoms with Crippen LogP contribution in [0.15, 0.2) is 36.4 Å². The lowest BCUT2D eigenvalue weighted by Gasteiger charge is -2.14. The largest absolute Gasteiger partial charge is 0.493 e. The van der Waals surface area contributed by atoms with Gasteiger partial charge in [0.2, 0.25) is 5.91 Å². The third kappa shape index (κ3) is 5.08. The van der Waals surface area contributed by atoms with E-state index in [0.717, 1.165) is 24.1 Å². The maximum Gasteiger partial charge on any atom is 0.248 e. The monoisotopic (exact) mass is 399 g/mol. The predicted molar refractivity (Wildman–Crippen MR) is 114 cm³/mol. The maximum atomic E-state index is 12.3. The van der Waals surface area contributed by atoms with Gasteiger partial charge in [0.1, 0.15) is 0 Å². The molecular formula is C23H26ClNO3. The number of aryl methyl sites for hydroxylation is 2. The average molecular weight is 400 g/mol. The number of benzene rings is 2. The number of anilines is 1. The first-order valence-electron chi connectivity index (χ1n) is 9.57. The van der Waals surface area contributed by atoms with Crippen LogP contribution in [0.4, 0.5) is 5.69 Å². The SMILES string of the molecule is COc1cc(C=CC(=O)Nc2ccc3c(c2)CCC3)cc(Cl)c1OCC(C)C. The van der Waals surface area contributed by atoms with Gasteiger partial charge in [-0.1, -0.05) is 31.5 Å². The molecule has 0 heterocycles. The second-order valence-electron chi connectivity index (χ2n) is 7.40. The second-order valence-corrected chi connectivity index (χ2v) is 7.81. The molecule has 1 N–H and O–H groups in total. The van der Waals surface area contributed by atoms with Crippen LogP contribution in [0.25, 0.3) is 6.08 Å². The molecule has 0 spiro atoms. The fraction of sp³-hybridized carbons (Fsp3) is 0.348. The summed E-state index contributed by atoms with van der Waals surface area (Å²) in [6.07, 6.45) is 6.60. The molecule has 148 valence electrons. The lowest BCUT2D eigenvalue weighted by molar-refractivity contribution is -0.111. The molecule has 2 aromatic rings. The topological polar surface area (TPSA) is 47.6 Å². The van der Waals surface area contributed by atoms with Crippen molar-refractivity contribution in [1.29, 1.82) is 0 Å². The Kier molecular flexibility index (Phi) is 6.63. The smallest absolute Gasteiger partial charge is 0.248 e. The van der Waals surface area contributed by atoms with Crippen molar-refractivity contribution >= 4 is 29.3 Å². The zero-order valence-electron chi connectivity index (χ0n) is 16.5. The van der Waals surface area contributed by atoms with E-state index in [2.05, 4.69) is 31.3 Å². The first kappa shape index (κ1) is 20.3. The number of amides is 1. The van der Waals surface area contributed by atoms with Crippen molar-refractivity contribution in [3.63, 3.8) is 0 Å². The molecule has 0 aromatic heterocycles. The molecule has 0 aliphatic heterocycles. The lowest BCUT2D eigenvalue weighted by Crippen LogP contribution is -2.08. The van der Waals surface area contributed by atoms with E-state index in [0.29, 0.717) is 29.0 Å². The molecule has 28 heavy (non-hydrogen) atoms. The molecule has 0 bridgehead atoms. The van der Waals surface area contributed by atoms with Crippen molar-refractivity contribution in [3.8, 4) is 11.5 Å². The van der Waals surface area contributed by atoms with Crippen LogP contribution >= 0.6 is 11.6 Å². The number of carbonyl (C=O) groups is 1. The van der Waals surface area contributed by atoms with Gasteiger partial charge >= 0.3 is 0 Å². The molecule has 4 nitrogen and oxygen atoms in total. The van der Waals surface area contributed by atoms with Crippen molar-refractivity contribution in [1.82, 2.24) is 0 Å². The fourth-order valence-corrected chi connectivity index (χ4v) is 3.51. The Morgan fingerprint density at radius 2 is 2.00 bits per heavy atom. The minimum atomic E-state index is -0.187. The van der Waals surface area contributed by atoms with E-state index in [9.17, 15) is 4.79 Å². The van der Waals surface area contributed by atoms with Gasteiger partial charge in [0.15, 0.2) is 11.5 Å². The first-order chi connectivity index (χ1) is 13.5. The quantitative estimate of drug-likeness (QED) is 0.623. The van der Waals surface area contributed by atoms with Crippen LogP contribution in [-0.2, 0) is 17.6 Å². The zero-order valence-corrected chi connectivity index (χ0v) is 17.3. The molecule has 3 rings (SSSR count). The molecule has 0 fully saturated rings. The normalized spacial score (nSPS) is 13.0. The van der Waals surface area contributed by atoms with E-state index in [-0.39, 0.29) is 5.91 Å². The summed E-state index contributed by atoms with van der Waals surface area (Å²) in [4.78, 5) is 12.3. The number of hydrogen-bond acceptors (Lipinski definition) is 3. The number of ether oxygens (including phenoxy) is 2. The molecule has 0 unspecified atom stereocenters. The van der Waals surface area contributed by atoms with Crippen LogP contribution in [0, 0.1) is 5.92 Å². The minimum Gasteiger partial charge on any atom is -0.493 e. The van der Waals surface area contributed by atoms with Gasteiger partial charge in [-0.3, -0.25) is 4.79 Å². The van der Waals surface area contributed by atoms with Gasteiger partial charge in [0.25, 0.3) is 0 Å². The van der Waals surface area contributed by atoms with Gasteiger partial charge in [-0.05, 0) is 72.2 Å². The van der Waals surface area contributed by atoms with Crippen LogP contribution < -0.4 is 14.8 Å². The van der Waals surface area contributed by atoms with E-state index in [1.54, 1.807) is 25.3 Å². The molecule has 1 amide bonds. The predicted octanol–water partition coefficient (Wildman–Crippen LogP) is 5.52. The molecule has 1 aliphatic carbocycles. The highest BCUT2D eigenvalue weighted by Crippen LogP contribution is 2.37. The van der Waals surface area contributed by atoms with Crippen molar-refractivity contribution in [3.05, 3.63) is 58.1 Å². The van der Waals surface area contributed by atoms with E-state index >= 15 is 0 Å². The molecule has 1 aliphatic rings. The molecule has 0 radical (unpaired) electrons. The highest BCUT2D eigenvalue weighted by Gasteiger charge is 2.13. The van der Waals surface area contributed by atoms with Crippen molar-refractivity contribution < 1.29 is 14.3 Å². The van der Waals surface area contributed by atoms with Gasteiger partial charge in [0, 0.05) is 11.8 Å². The van der Waals surface area contributed by atoms with Gasteiger partial charge in [-0.15, -0.1) is 0 Å². The number of methoxy groups -OCH3 is 1. The molecule has 0 saturated carbocycles. The standard InChI is InChI=1S/C23H26ClNO3/c1-15(2)14-28-23-20(24)11-16(12-21(23)27-3)7-10-22(26)25-19-9-8-17-5-4-6-18(17)13-19/h7-13,15H,4-6,14H2,1-3H3,(H,25,26). The van der Waals surface area contributed by atoms with E-state index in [1.165, 1.54) is 23.6 Å². The second kappa shape index (κ2) is 9.16. The highest BCUT2D eigenvalue weighted by atomic mass is 35.5. The Morgan fingerprint density at radius 1 is 1.21 bits per heavy atom. The summed E-state index contributed by atoms with van der Waals surface area (Å²) in [5, 5.41) is 3.37.